The second kappa shape index (κ2) is 6.59. The van der Waals surface area contributed by atoms with E-state index in [0.29, 0.717) is 0 Å². The highest BCUT2D eigenvalue weighted by atomic mass is 15.0. The summed E-state index contributed by atoms with van der Waals surface area (Å²) in [5, 5.41) is 7.97. The standard InChI is InChI=1S/C33H21N/c1-2-10-24(11-3-1)34-31-17-15-22-9-5-7-13-26(22)33(31)30-20-28-23(19-32(30)34)18-29-25-12-6-4-8-21(25)14-16-27(28)29/h1-17,19-20H,18H2. The molecule has 0 bridgehead atoms. The Hall–Kier alpha value is -4.36. The van der Waals surface area contributed by atoms with E-state index < -0.39 is 0 Å². The molecule has 1 aliphatic rings. The highest BCUT2D eigenvalue weighted by Crippen LogP contribution is 2.45. The molecule has 0 spiro atoms. The quantitative estimate of drug-likeness (QED) is 0.245. The lowest BCUT2D eigenvalue weighted by molar-refractivity contribution is 1.17. The van der Waals surface area contributed by atoms with Crippen LogP contribution >= 0.6 is 0 Å². The van der Waals surface area contributed by atoms with Crippen LogP contribution < -0.4 is 0 Å². The molecule has 34 heavy (non-hydrogen) atoms. The summed E-state index contributed by atoms with van der Waals surface area (Å²) in [6.45, 7) is 0. The Bertz CT molecular complexity index is 1920. The largest absolute Gasteiger partial charge is 0.309 e. The van der Waals surface area contributed by atoms with E-state index in [-0.39, 0.29) is 0 Å². The van der Waals surface area contributed by atoms with Crippen LogP contribution in [0.1, 0.15) is 11.1 Å². The minimum absolute atomic E-state index is 0.985. The van der Waals surface area contributed by atoms with Gasteiger partial charge in [0.1, 0.15) is 0 Å². The Balaban J connectivity index is 1.53. The number of aromatic nitrogens is 1. The molecule has 6 aromatic carbocycles. The molecule has 7 aromatic rings. The average molecular weight is 432 g/mol. The molecule has 1 nitrogen and oxygen atoms in total. The van der Waals surface area contributed by atoms with Crippen LogP contribution in [0.25, 0.3) is 60.2 Å². The van der Waals surface area contributed by atoms with Gasteiger partial charge in [-0.1, -0.05) is 84.9 Å². The fourth-order valence-electron chi connectivity index (χ4n) is 6.10. The van der Waals surface area contributed by atoms with Crippen LogP contribution in [0.2, 0.25) is 0 Å². The van der Waals surface area contributed by atoms with E-state index in [1.165, 1.54) is 71.3 Å². The monoisotopic (exact) mass is 431 g/mol. The van der Waals surface area contributed by atoms with E-state index in [1.807, 2.05) is 0 Å². The van der Waals surface area contributed by atoms with Gasteiger partial charge in [-0.15, -0.1) is 0 Å². The first-order chi connectivity index (χ1) is 16.9. The first-order valence-corrected chi connectivity index (χ1v) is 11.9. The van der Waals surface area contributed by atoms with Crippen LogP contribution in [0.15, 0.2) is 115 Å². The van der Waals surface area contributed by atoms with Gasteiger partial charge in [-0.25, -0.2) is 0 Å². The maximum Gasteiger partial charge on any atom is 0.0547 e. The van der Waals surface area contributed by atoms with Gasteiger partial charge in [-0.3, -0.25) is 0 Å². The SMILES string of the molecule is c1ccc(-n2c3cc4c(cc3c3c5ccccc5ccc32)-c2ccc3ccccc3c2C4)cc1. The topological polar surface area (TPSA) is 4.93 Å². The summed E-state index contributed by atoms with van der Waals surface area (Å²) < 4.78 is 2.44. The number of para-hydroxylation sites is 1. The van der Waals surface area contributed by atoms with Crippen LogP contribution in [-0.4, -0.2) is 4.57 Å². The zero-order valence-electron chi connectivity index (χ0n) is 18.6. The molecule has 1 aliphatic carbocycles. The summed E-state index contributed by atoms with van der Waals surface area (Å²) in [5.74, 6) is 0. The van der Waals surface area contributed by atoms with Crippen LogP contribution in [-0.2, 0) is 6.42 Å². The van der Waals surface area contributed by atoms with Crippen molar-refractivity contribution in [2.24, 2.45) is 0 Å². The molecule has 0 amide bonds. The van der Waals surface area contributed by atoms with Crippen molar-refractivity contribution < 1.29 is 0 Å². The third kappa shape index (κ3) is 2.34. The maximum atomic E-state index is 2.46. The molecule has 8 rings (SSSR count). The zero-order chi connectivity index (χ0) is 22.2. The van der Waals surface area contributed by atoms with Gasteiger partial charge in [0.25, 0.3) is 0 Å². The molecule has 0 radical (unpaired) electrons. The number of hydrogen-bond acceptors (Lipinski definition) is 0. The molecule has 158 valence electrons. The molecule has 1 heterocycles. The third-order valence-corrected chi connectivity index (χ3v) is 7.59. The number of nitrogens with zero attached hydrogens (tertiary/aromatic N) is 1. The van der Waals surface area contributed by atoms with Crippen molar-refractivity contribution in [1.29, 1.82) is 0 Å². The number of benzene rings is 6. The molecule has 0 fully saturated rings. The van der Waals surface area contributed by atoms with Crippen molar-refractivity contribution in [3.63, 3.8) is 0 Å². The minimum Gasteiger partial charge on any atom is -0.309 e. The third-order valence-electron chi connectivity index (χ3n) is 7.59. The van der Waals surface area contributed by atoms with Gasteiger partial charge in [-0.05, 0) is 80.6 Å². The van der Waals surface area contributed by atoms with E-state index in [4.69, 9.17) is 0 Å². The molecule has 1 heteroatoms. The summed E-state index contributed by atoms with van der Waals surface area (Å²) in [5.41, 5.74) is 9.41. The van der Waals surface area contributed by atoms with Gasteiger partial charge in [0.15, 0.2) is 0 Å². The van der Waals surface area contributed by atoms with Crippen molar-refractivity contribution in [2.45, 2.75) is 6.42 Å². The average Bonchev–Trinajstić information content (AvgIpc) is 3.43. The Morgan fingerprint density at radius 3 is 2.06 bits per heavy atom. The second-order valence-corrected chi connectivity index (χ2v) is 9.37. The molecule has 0 unspecified atom stereocenters. The highest BCUT2D eigenvalue weighted by Gasteiger charge is 2.24. The first kappa shape index (κ1) is 18.1. The van der Waals surface area contributed by atoms with Crippen molar-refractivity contribution in [3.8, 4) is 16.8 Å². The maximum absolute atomic E-state index is 2.46. The van der Waals surface area contributed by atoms with E-state index in [9.17, 15) is 0 Å². The Labute approximate surface area is 197 Å². The molecule has 0 saturated carbocycles. The van der Waals surface area contributed by atoms with Crippen LogP contribution in [0.3, 0.4) is 0 Å². The highest BCUT2D eigenvalue weighted by molar-refractivity contribution is 6.22. The Morgan fingerprint density at radius 1 is 0.500 bits per heavy atom. The molecule has 0 atom stereocenters. The van der Waals surface area contributed by atoms with Crippen molar-refractivity contribution in [2.75, 3.05) is 0 Å². The number of fused-ring (bicyclic) bond motifs is 10. The first-order valence-electron chi connectivity index (χ1n) is 11.9. The van der Waals surface area contributed by atoms with Gasteiger partial charge in [-0.2, -0.15) is 0 Å². The van der Waals surface area contributed by atoms with Crippen molar-refractivity contribution >= 4 is 43.4 Å². The van der Waals surface area contributed by atoms with Crippen molar-refractivity contribution in [1.82, 2.24) is 4.57 Å². The van der Waals surface area contributed by atoms with E-state index in [0.717, 1.165) is 6.42 Å². The molecular formula is C33H21N. The second-order valence-electron chi connectivity index (χ2n) is 9.37. The molecule has 0 saturated heterocycles. The smallest absolute Gasteiger partial charge is 0.0547 e. The van der Waals surface area contributed by atoms with E-state index in [1.54, 1.807) is 0 Å². The normalized spacial score (nSPS) is 12.6. The van der Waals surface area contributed by atoms with Gasteiger partial charge in [0, 0.05) is 16.5 Å². The Morgan fingerprint density at radius 2 is 1.21 bits per heavy atom. The van der Waals surface area contributed by atoms with E-state index >= 15 is 0 Å². The predicted molar refractivity (Wildman–Crippen MR) is 144 cm³/mol. The number of hydrogen-bond donors (Lipinski definition) is 0. The van der Waals surface area contributed by atoms with Crippen molar-refractivity contribution in [3.05, 3.63) is 126 Å². The lowest BCUT2D eigenvalue weighted by Crippen LogP contribution is -1.94. The number of rotatable bonds is 1. The summed E-state index contributed by atoms with van der Waals surface area (Å²) >= 11 is 0. The molecule has 0 N–H and O–H groups in total. The fraction of sp³-hybridized carbons (Fsp3) is 0.0303. The van der Waals surface area contributed by atoms with Gasteiger partial charge < -0.3 is 4.57 Å². The molecule has 0 aliphatic heterocycles. The molecule has 1 aromatic heterocycles. The van der Waals surface area contributed by atoms with Gasteiger partial charge in [0.2, 0.25) is 0 Å². The summed E-state index contributed by atoms with van der Waals surface area (Å²) in [6.07, 6.45) is 0.985. The van der Waals surface area contributed by atoms with Gasteiger partial charge >= 0.3 is 0 Å². The lowest BCUT2D eigenvalue weighted by atomic mass is 9.98. The summed E-state index contributed by atoms with van der Waals surface area (Å²) in [6, 6.07) is 42.4. The lowest BCUT2D eigenvalue weighted by Gasteiger charge is -2.09. The zero-order valence-corrected chi connectivity index (χ0v) is 18.6. The predicted octanol–water partition coefficient (Wildman–Crippen LogP) is 8.66. The summed E-state index contributed by atoms with van der Waals surface area (Å²) in [4.78, 5) is 0. The van der Waals surface area contributed by atoms with Gasteiger partial charge in [0.05, 0.1) is 11.0 Å². The van der Waals surface area contributed by atoms with E-state index in [2.05, 4.69) is 120 Å². The minimum atomic E-state index is 0.985. The fourth-order valence-corrected chi connectivity index (χ4v) is 6.10. The van der Waals surface area contributed by atoms with Crippen LogP contribution in [0, 0.1) is 0 Å². The van der Waals surface area contributed by atoms with Crippen LogP contribution in [0.5, 0.6) is 0 Å². The Kier molecular flexibility index (Phi) is 3.51. The molecular weight excluding hydrogens is 410 g/mol. The van der Waals surface area contributed by atoms with Crippen LogP contribution in [0.4, 0.5) is 0 Å². The summed E-state index contributed by atoms with van der Waals surface area (Å²) in [7, 11) is 0.